The molecule has 0 unspecified atom stereocenters. The number of aromatic nitrogens is 2. The number of nitrogens with zero attached hydrogens (tertiary/aromatic N) is 1. The summed E-state index contributed by atoms with van der Waals surface area (Å²) < 4.78 is 20.8. The van der Waals surface area contributed by atoms with Crippen molar-refractivity contribution in [2.75, 3.05) is 13.2 Å². The molecule has 1 aliphatic heterocycles. The summed E-state index contributed by atoms with van der Waals surface area (Å²) >= 11 is 6.91. The normalized spacial score (nSPS) is 27.2. The molecule has 33 heavy (non-hydrogen) atoms. The number of aliphatic hydroxyl groups excluding tert-OH is 1. The van der Waals surface area contributed by atoms with E-state index in [4.69, 9.17) is 25.2 Å². The van der Waals surface area contributed by atoms with E-state index in [-0.39, 0.29) is 16.7 Å². The van der Waals surface area contributed by atoms with E-state index in [1.54, 1.807) is 0 Å². The Bertz CT molecular complexity index is 950. The quantitative estimate of drug-likeness (QED) is 0.418. The smallest absolute Gasteiger partial charge is 0.330 e. The third-order valence-corrected chi connectivity index (χ3v) is 16.9. The van der Waals surface area contributed by atoms with Gasteiger partial charge >= 0.3 is 5.69 Å². The molecule has 0 amide bonds. The van der Waals surface area contributed by atoms with Crippen molar-refractivity contribution < 1.29 is 18.7 Å². The first-order valence-corrected chi connectivity index (χ1v) is 17.6. The molecule has 1 aliphatic rings. The van der Waals surface area contributed by atoms with E-state index in [1.807, 2.05) is 0 Å². The molecule has 8 nitrogen and oxygen atoms in total. The molecule has 0 spiro atoms. The van der Waals surface area contributed by atoms with Gasteiger partial charge in [-0.15, -0.1) is 11.6 Å². The van der Waals surface area contributed by atoms with E-state index in [1.165, 1.54) is 16.8 Å². The molecule has 0 radical (unpaired) electrons. The summed E-state index contributed by atoms with van der Waals surface area (Å²) in [6.45, 7) is 20.9. The second-order valence-electron chi connectivity index (χ2n) is 12.0. The van der Waals surface area contributed by atoms with Crippen LogP contribution in [0.4, 0.5) is 0 Å². The van der Waals surface area contributed by atoms with Crippen molar-refractivity contribution in [2.24, 2.45) is 0 Å². The molecule has 0 aliphatic carbocycles. The van der Waals surface area contributed by atoms with Gasteiger partial charge in [0.15, 0.2) is 22.9 Å². The van der Waals surface area contributed by atoms with Gasteiger partial charge in [0.1, 0.15) is 11.0 Å². The lowest BCUT2D eigenvalue weighted by atomic mass is 9.98. The molecular weight excluding hydrogens is 480 g/mol. The van der Waals surface area contributed by atoms with Gasteiger partial charge in [-0.1, -0.05) is 41.5 Å². The van der Waals surface area contributed by atoms with Gasteiger partial charge in [-0.05, 0) is 36.3 Å². The molecule has 2 rings (SSSR count). The van der Waals surface area contributed by atoms with E-state index in [2.05, 4.69) is 72.7 Å². The highest BCUT2D eigenvalue weighted by atomic mass is 35.5. The van der Waals surface area contributed by atoms with E-state index >= 15 is 0 Å². The highest BCUT2D eigenvalue weighted by molar-refractivity contribution is 6.74. The van der Waals surface area contributed by atoms with Crippen molar-refractivity contribution >= 4 is 28.2 Å². The third-order valence-electron chi connectivity index (χ3n) is 7.54. The molecule has 0 bridgehead atoms. The Balaban J connectivity index is 2.54. The van der Waals surface area contributed by atoms with Gasteiger partial charge in [-0.3, -0.25) is 14.3 Å². The van der Waals surface area contributed by atoms with E-state index in [9.17, 15) is 14.7 Å². The van der Waals surface area contributed by atoms with Crippen LogP contribution >= 0.6 is 11.6 Å². The number of H-pyrrole nitrogens is 1. The maximum atomic E-state index is 12.5. The van der Waals surface area contributed by atoms with Crippen molar-refractivity contribution in [3.05, 3.63) is 33.1 Å². The van der Waals surface area contributed by atoms with Crippen LogP contribution in [0.5, 0.6) is 0 Å². The van der Waals surface area contributed by atoms with Crippen LogP contribution in [0, 0.1) is 0 Å². The fourth-order valence-corrected chi connectivity index (χ4v) is 6.05. The van der Waals surface area contributed by atoms with Gasteiger partial charge in [0.05, 0.1) is 19.3 Å². The van der Waals surface area contributed by atoms with E-state index in [0.29, 0.717) is 0 Å². The fourth-order valence-electron chi connectivity index (χ4n) is 3.12. The van der Waals surface area contributed by atoms with Crippen LogP contribution in [0.1, 0.15) is 47.8 Å². The summed E-state index contributed by atoms with van der Waals surface area (Å²) in [5.74, 6) is 0. The van der Waals surface area contributed by atoms with Crippen LogP contribution in [0.15, 0.2) is 21.9 Å². The number of hydrogen-bond donors (Lipinski definition) is 2. The maximum Gasteiger partial charge on any atom is 0.330 e. The SMILES string of the molecule is CC(C)(C)[Si](C)(C)OC[C@@]1(CO)O[C@@H](n2ccc(=O)[nH]c2=O)[C@H](Cl)[C@@H]1O[Si](C)(C)C(C)(C)C. The topological polar surface area (TPSA) is 103 Å². The number of alkyl halides is 1. The number of nitrogens with one attached hydrogen (secondary N) is 1. The van der Waals surface area contributed by atoms with Crippen LogP contribution in [-0.4, -0.2) is 61.6 Å². The molecule has 2 heterocycles. The zero-order chi connectivity index (χ0) is 25.6. The number of aromatic amines is 1. The molecule has 190 valence electrons. The Morgan fingerprint density at radius 2 is 1.67 bits per heavy atom. The Labute approximate surface area is 203 Å². The molecular formula is C22H41ClN2O6Si2. The lowest BCUT2D eigenvalue weighted by Gasteiger charge is -2.44. The summed E-state index contributed by atoms with van der Waals surface area (Å²) in [5.41, 5.74) is -2.41. The largest absolute Gasteiger partial charge is 0.414 e. The summed E-state index contributed by atoms with van der Waals surface area (Å²) in [5, 5.41) is 9.67. The molecule has 11 heteroatoms. The average molecular weight is 521 g/mol. The van der Waals surface area contributed by atoms with Gasteiger partial charge < -0.3 is 18.7 Å². The standard InChI is InChI=1S/C22H41ClN2O6Si2/c1-20(2,3)32(7,8)29-14-22(13-26)17(31-33(9,10)21(4,5)6)16(23)18(30-22)25-12-11-15(27)24-19(25)28/h11-12,16-18,26H,13-14H2,1-10H3,(H,24,27,28)/t16-,17+,18-,22-/m1/s1. The highest BCUT2D eigenvalue weighted by Gasteiger charge is 2.59. The molecule has 1 saturated heterocycles. The lowest BCUT2D eigenvalue weighted by molar-refractivity contribution is -0.145. The zero-order valence-electron chi connectivity index (χ0n) is 21.6. The number of aliphatic hydroxyl groups is 1. The Morgan fingerprint density at radius 1 is 1.12 bits per heavy atom. The minimum atomic E-state index is -2.35. The second-order valence-corrected chi connectivity index (χ2v) is 22.1. The number of hydrogen-bond acceptors (Lipinski definition) is 6. The Morgan fingerprint density at radius 3 is 2.12 bits per heavy atom. The number of halogens is 1. The van der Waals surface area contributed by atoms with Crippen molar-refractivity contribution in [1.82, 2.24) is 9.55 Å². The summed E-state index contributed by atoms with van der Waals surface area (Å²) in [4.78, 5) is 26.3. The predicted molar refractivity (Wildman–Crippen MR) is 136 cm³/mol. The monoisotopic (exact) mass is 520 g/mol. The molecule has 1 fully saturated rings. The van der Waals surface area contributed by atoms with Gasteiger partial charge in [0.25, 0.3) is 5.56 Å². The third kappa shape index (κ3) is 5.74. The number of ether oxygens (including phenoxy) is 1. The Kier molecular flexibility index (Phi) is 8.08. The molecule has 0 aromatic carbocycles. The van der Waals surface area contributed by atoms with E-state index in [0.717, 1.165) is 0 Å². The minimum Gasteiger partial charge on any atom is -0.414 e. The first-order chi connectivity index (χ1) is 14.8. The first kappa shape index (κ1) is 28.5. The van der Waals surface area contributed by atoms with E-state index < -0.39 is 57.8 Å². The summed E-state index contributed by atoms with van der Waals surface area (Å²) in [7, 11) is -4.54. The summed E-state index contributed by atoms with van der Waals surface area (Å²) in [6, 6.07) is 1.24. The van der Waals surface area contributed by atoms with Crippen LogP contribution in [0.2, 0.25) is 36.3 Å². The molecule has 1 aromatic heterocycles. The minimum absolute atomic E-state index is 0.0480. The molecule has 0 saturated carbocycles. The van der Waals surface area contributed by atoms with Crippen LogP contribution in [0.3, 0.4) is 0 Å². The van der Waals surface area contributed by atoms with Gasteiger partial charge in [-0.2, -0.15) is 0 Å². The zero-order valence-corrected chi connectivity index (χ0v) is 24.4. The fraction of sp³-hybridized carbons (Fsp3) is 0.818. The Hall–Kier alpha value is -0.756. The molecule has 4 atom stereocenters. The van der Waals surface area contributed by atoms with Crippen molar-refractivity contribution in [3.63, 3.8) is 0 Å². The predicted octanol–water partition coefficient (Wildman–Crippen LogP) is 3.82. The van der Waals surface area contributed by atoms with Crippen LogP contribution < -0.4 is 11.2 Å². The average Bonchev–Trinajstić information content (AvgIpc) is 2.91. The first-order valence-electron chi connectivity index (χ1n) is 11.3. The number of rotatable bonds is 7. The van der Waals surface area contributed by atoms with Crippen LogP contribution in [0.25, 0.3) is 0 Å². The molecule has 1 aromatic rings. The van der Waals surface area contributed by atoms with Crippen LogP contribution in [-0.2, 0) is 13.6 Å². The van der Waals surface area contributed by atoms with Crippen molar-refractivity contribution in [2.45, 2.75) is 101 Å². The molecule has 2 N–H and O–H groups in total. The van der Waals surface area contributed by atoms with Crippen molar-refractivity contribution in [3.8, 4) is 0 Å². The van der Waals surface area contributed by atoms with Gasteiger partial charge in [0, 0.05) is 12.3 Å². The second kappa shape index (κ2) is 9.36. The highest BCUT2D eigenvalue weighted by Crippen LogP contribution is 2.47. The van der Waals surface area contributed by atoms with Gasteiger partial charge in [-0.25, -0.2) is 4.79 Å². The maximum absolute atomic E-state index is 12.5. The van der Waals surface area contributed by atoms with Crippen molar-refractivity contribution in [1.29, 1.82) is 0 Å². The lowest BCUT2D eigenvalue weighted by Crippen LogP contribution is -2.58. The summed E-state index contributed by atoms with van der Waals surface area (Å²) in [6.07, 6.45) is -0.313. The van der Waals surface area contributed by atoms with Gasteiger partial charge in [0.2, 0.25) is 0 Å².